The third-order valence-electron chi connectivity index (χ3n) is 3.40. The van der Waals surface area contributed by atoms with E-state index in [0.717, 1.165) is 0 Å². The molecule has 1 aromatic carbocycles. The van der Waals surface area contributed by atoms with Crippen LogP contribution in [0, 0.1) is 0 Å². The van der Waals surface area contributed by atoms with Gasteiger partial charge in [0.2, 0.25) is 5.95 Å². The molecule has 12 heteroatoms. The summed E-state index contributed by atoms with van der Waals surface area (Å²) < 4.78 is 0. The van der Waals surface area contributed by atoms with E-state index in [1.54, 1.807) is 0 Å². The summed E-state index contributed by atoms with van der Waals surface area (Å²) in [6.45, 7) is 1.07. The van der Waals surface area contributed by atoms with Crippen LogP contribution in [0.25, 0.3) is 0 Å². The lowest BCUT2D eigenvalue weighted by molar-refractivity contribution is 0.0696. The molecule has 0 bridgehead atoms. The normalized spacial score (nSPS) is 10.3. The number of rotatable bonds is 10. The van der Waals surface area contributed by atoms with E-state index in [1.807, 2.05) is 0 Å². The highest BCUT2D eigenvalue weighted by Crippen LogP contribution is 2.36. The molecular weight excluding hydrogens is 356 g/mol. The number of benzene rings is 1. The maximum atomic E-state index is 11.9. The topological polar surface area (TPSA) is 201 Å². The molecule has 0 radical (unpaired) electrons. The average molecular weight is 376 g/mol. The number of aromatic nitrogens is 3. The Morgan fingerprint density at radius 3 is 1.81 bits per heavy atom. The first kappa shape index (κ1) is 19.8. The van der Waals surface area contributed by atoms with Gasteiger partial charge in [-0.05, 0) is 6.07 Å². The summed E-state index contributed by atoms with van der Waals surface area (Å²) >= 11 is 0. The van der Waals surface area contributed by atoms with Crippen molar-refractivity contribution in [1.29, 1.82) is 0 Å². The van der Waals surface area contributed by atoms with Crippen LogP contribution in [0.2, 0.25) is 0 Å². The summed E-state index contributed by atoms with van der Waals surface area (Å²) in [5.74, 6) is -2.67. The van der Waals surface area contributed by atoms with Gasteiger partial charge >= 0.3 is 11.9 Å². The van der Waals surface area contributed by atoms with Gasteiger partial charge in [-0.25, -0.2) is 24.5 Å². The van der Waals surface area contributed by atoms with E-state index in [4.69, 9.17) is 11.5 Å². The molecule has 9 N–H and O–H groups in total. The lowest BCUT2D eigenvalue weighted by Crippen LogP contribution is -2.21. The molecule has 2 rings (SSSR count). The Balaban J connectivity index is 2.71. The molecule has 0 saturated carbocycles. The summed E-state index contributed by atoms with van der Waals surface area (Å²) in [6.07, 6.45) is 2.39. The standard InChI is InChI=1S/C15H20N8O4/c16-1-3-19-8-5-9(20-4-2-17)11(14(26)27)12(10(8)13(24)25)23-15-21-6-18-7-22-15/h5-7,19-20H,1-4,16-17H2,(H,24,25)(H,26,27)(H,18,21,22,23). The molecule has 0 spiro atoms. The number of aromatic carboxylic acids is 2. The van der Waals surface area contributed by atoms with Gasteiger partial charge in [0.05, 0.1) is 17.1 Å². The number of hydrogen-bond donors (Lipinski definition) is 7. The van der Waals surface area contributed by atoms with Crippen molar-refractivity contribution in [3.05, 3.63) is 29.8 Å². The minimum atomic E-state index is -1.33. The molecule has 2 aromatic rings. The van der Waals surface area contributed by atoms with Crippen molar-refractivity contribution in [3.8, 4) is 0 Å². The summed E-state index contributed by atoms with van der Waals surface area (Å²) in [6, 6.07) is 1.40. The van der Waals surface area contributed by atoms with E-state index in [1.165, 1.54) is 18.7 Å². The molecule has 0 unspecified atom stereocenters. The molecule has 0 aliphatic carbocycles. The zero-order chi connectivity index (χ0) is 19.8. The summed E-state index contributed by atoms with van der Waals surface area (Å²) in [5.41, 5.74) is 10.6. The Labute approximate surface area is 154 Å². The van der Waals surface area contributed by atoms with E-state index < -0.39 is 11.9 Å². The minimum absolute atomic E-state index is 0.00394. The highest BCUT2D eigenvalue weighted by Gasteiger charge is 2.27. The second-order valence-corrected chi connectivity index (χ2v) is 5.22. The summed E-state index contributed by atoms with van der Waals surface area (Å²) in [4.78, 5) is 35.2. The van der Waals surface area contributed by atoms with E-state index in [0.29, 0.717) is 0 Å². The van der Waals surface area contributed by atoms with Crippen LogP contribution in [0.3, 0.4) is 0 Å². The number of hydrogen-bond acceptors (Lipinski definition) is 10. The predicted molar refractivity (Wildman–Crippen MR) is 98.6 cm³/mol. The van der Waals surface area contributed by atoms with Crippen LogP contribution in [0.1, 0.15) is 20.7 Å². The van der Waals surface area contributed by atoms with Gasteiger partial charge in [-0.15, -0.1) is 0 Å². The fraction of sp³-hybridized carbons (Fsp3) is 0.267. The quantitative estimate of drug-likeness (QED) is 0.287. The van der Waals surface area contributed by atoms with Gasteiger partial charge in [-0.2, -0.15) is 0 Å². The van der Waals surface area contributed by atoms with Crippen LogP contribution in [0.15, 0.2) is 18.7 Å². The highest BCUT2D eigenvalue weighted by atomic mass is 16.4. The third-order valence-corrected chi connectivity index (χ3v) is 3.40. The van der Waals surface area contributed by atoms with Crippen LogP contribution < -0.4 is 27.4 Å². The van der Waals surface area contributed by atoms with Crippen molar-refractivity contribution in [1.82, 2.24) is 15.0 Å². The first-order valence-corrected chi connectivity index (χ1v) is 7.94. The number of anilines is 4. The molecule has 1 aromatic heterocycles. The fourth-order valence-corrected chi connectivity index (χ4v) is 2.36. The molecular formula is C15H20N8O4. The van der Waals surface area contributed by atoms with Crippen LogP contribution in [-0.2, 0) is 0 Å². The summed E-state index contributed by atoms with van der Waals surface area (Å²) in [7, 11) is 0. The largest absolute Gasteiger partial charge is 0.478 e. The highest BCUT2D eigenvalue weighted by molar-refractivity contribution is 6.11. The molecule has 1 heterocycles. The van der Waals surface area contributed by atoms with Crippen molar-refractivity contribution in [2.45, 2.75) is 0 Å². The Bertz CT molecular complexity index is 771. The summed E-state index contributed by atoms with van der Waals surface area (Å²) in [5, 5.41) is 27.9. The van der Waals surface area contributed by atoms with Crippen molar-refractivity contribution < 1.29 is 19.8 Å². The molecule has 0 saturated heterocycles. The predicted octanol–water partition coefficient (Wildman–Crippen LogP) is -0.247. The van der Waals surface area contributed by atoms with Crippen molar-refractivity contribution in [3.63, 3.8) is 0 Å². The van der Waals surface area contributed by atoms with Gasteiger partial charge in [-0.3, -0.25) is 0 Å². The lowest BCUT2D eigenvalue weighted by Gasteiger charge is -2.20. The number of carboxylic acid groups (broad SMARTS) is 2. The van der Waals surface area contributed by atoms with E-state index in [9.17, 15) is 19.8 Å². The van der Waals surface area contributed by atoms with Gasteiger partial charge in [0.1, 0.15) is 23.8 Å². The second-order valence-electron chi connectivity index (χ2n) is 5.22. The van der Waals surface area contributed by atoms with Crippen molar-refractivity contribution in [2.75, 3.05) is 42.1 Å². The first-order valence-electron chi connectivity index (χ1n) is 7.94. The van der Waals surface area contributed by atoms with E-state index in [-0.39, 0.29) is 60.3 Å². The SMILES string of the molecule is NCCNc1cc(NCCN)c(C(=O)O)c(Nc2ncncn2)c1C(=O)O. The molecule has 0 aliphatic rings. The van der Waals surface area contributed by atoms with Gasteiger partial charge in [0.25, 0.3) is 0 Å². The molecule has 12 nitrogen and oxygen atoms in total. The zero-order valence-corrected chi connectivity index (χ0v) is 14.3. The van der Waals surface area contributed by atoms with E-state index >= 15 is 0 Å². The van der Waals surface area contributed by atoms with Crippen LogP contribution in [0.5, 0.6) is 0 Å². The van der Waals surface area contributed by atoms with Crippen LogP contribution in [-0.4, -0.2) is 63.3 Å². The zero-order valence-electron chi connectivity index (χ0n) is 14.3. The number of nitrogens with two attached hydrogens (primary N) is 2. The first-order chi connectivity index (χ1) is 13.0. The Morgan fingerprint density at radius 2 is 1.41 bits per heavy atom. The molecule has 27 heavy (non-hydrogen) atoms. The molecule has 0 aliphatic heterocycles. The smallest absolute Gasteiger partial charge is 0.339 e. The number of carboxylic acids is 2. The van der Waals surface area contributed by atoms with Crippen molar-refractivity contribution >= 4 is 34.9 Å². The number of carbonyl (C=O) groups is 2. The minimum Gasteiger partial charge on any atom is -0.478 e. The van der Waals surface area contributed by atoms with Gasteiger partial charge < -0.3 is 37.6 Å². The van der Waals surface area contributed by atoms with Crippen LogP contribution in [0.4, 0.5) is 23.0 Å². The Morgan fingerprint density at radius 1 is 0.926 bits per heavy atom. The average Bonchev–Trinajstić information content (AvgIpc) is 2.64. The second kappa shape index (κ2) is 9.26. The van der Waals surface area contributed by atoms with Gasteiger partial charge in [-0.1, -0.05) is 0 Å². The maximum absolute atomic E-state index is 11.9. The molecule has 0 amide bonds. The number of nitrogens with one attached hydrogen (secondary N) is 3. The molecule has 0 atom stereocenters. The Hall–Kier alpha value is -3.51. The maximum Gasteiger partial charge on any atom is 0.339 e. The van der Waals surface area contributed by atoms with Crippen LogP contribution >= 0.6 is 0 Å². The van der Waals surface area contributed by atoms with Gasteiger partial charge in [0, 0.05) is 26.2 Å². The van der Waals surface area contributed by atoms with E-state index in [2.05, 4.69) is 30.9 Å². The Kier molecular flexibility index (Phi) is 6.79. The third kappa shape index (κ3) is 4.77. The van der Waals surface area contributed by atoms with Gasteiger partial charge in [0.15, 0.2) is 0 Å². The monoisotopic (exact) mass is 376 g/mol. The molecule has 144 valence electrons. The number of nitrogens with zero attached hydrogens (tertiary/aromatic N) is 3. The lowest BCUT2D eigenvalue weighted by atomic mass is 10.0. The fourth-order valence-electron chi connectivity index (χ4n) is 2.36. The van der Waals surface area contributed by atoms with Crippen molar-refractivity contribution in [2.24, 2.45) is 11.5 Å². The molecule has 0 fully saturated rings.